The maximum atomic E-state index is 2.76. The van der Waals surface area contributed by atoms with Crippen molar-refractivity contribution in [2.75, 3.05) is 6.54 Å². The summed E-state index contributed by atoms with van der Waals surface area (Å²) >= 11 is 0. The average Bonchev–Trinajstić information content (AvgIpc) is 2.61. The minimum Gasteiger partial charge on any atom is -0.225 e. The average molecular weight is 288 g/mol. The summed E-state index contributed by atoms with van der Waals surface area (Å²) in [6.45, 7) is 1.20. The zero-order valence-corrected chi connectivity index (χ0v) is 13.0. The molecule has 2 heterocycles. The van der Waals surface area contributed by atoms with E-state index in [4.69, 9.17) is 0 Å². The molecule has 1 nitrogen and oxygen atoms in total. The minimum atomic E-state index is 0.463. The molecular weight excluding hydrogens is 266 g/mol. The zero-order chi connectivity index (χ0) is 14.5. The van der Waals surface area contributed by atoms with Crippen molar-refractivity contribution in [3.63, 3.8) is 0 Å². The zero-order valence-electron chi connectivity index (χ0n) is 13.0. The Hall–Kier alpha value is -1.89. The van der Waals surface area contributed by atoms with Gasteiger partial charge in [0, 0.05) is 24.0 Å². The number of nitrogens with zero attached hydrogens (tertiary/aromatic N) is 1. The molecule has 2 unspecified atom stereocenters. The van der Waals surface area contributed by atoms with Crippen molar-refractivity contribution in [2.45, 2.75) is 44.1 Å². The summed E-state index contributed by atoms with van der Waals surface area (Å²) in [6, 6.07) is 18.8. The molecular formula is C21H22N+. The number of fused-ring (bicyclic) bond motifs is 7. The molecule has 2 aromatic carbocycles. The standard InChI is InChI=1S/C21H22N/c1-2-8-16-15(7-1)13-14-22-20-12-6-5-10-18(20)17-9-3-4-11-19(17)21(16)22/h1-4,7-9,11,18,21H,5-6,10,12-14H2/q+1. The molecule has 2 aromatic rings. The molecule has 0 saturated heterocycles. The van der Waals surface area contributed by atoms with E-state index in [1.54, 1.807) is 22.4 Å². The smallest absolute Gasteiger partial charge is 0.203 e. The van der Waals surface area contributed by atoms with Crippen molar-refractivity contribution in [2.24, 2.45) is 0 Å². The molecule has 0 bridgehead atoms. The third-order valence-electron chi connectivity index (χ3n) is 5.90. The fourth-order valence-corrected chi connectivity index (χ4v) is 4.96. The van der Waals surface area contributed by atoms with Crippen LogP contribution in [0.2, 0.25) is 0 Å². The van der Waals surface area contributed by atoms with E-state index in [0.29, 0.717) is 12.0 Å². The quantitative estimate of drug-likeness (QED) is 0.630. The van der Waals surface area contributed by atoms with Crippen molar-refractivity contribution < 1.29 is 4.58 Å². The molecule has 1 saturated carbocycles. The molecule has 0 radical (unpaired) electrons. The fraction of sp³-hybridized carbons (Fsp3) is 0.381. The lowest BCUT2D eigenvalue weighted by Crippen LogP contribution is -2.41. The Bertz CT molecular complexity index is 771. The number of hydrogen-bond acceptors (Lipinski definition) is 0. The Morgan fingerprint density at radius 3 is 2.45 bits per heavy atom. The van der Waals surface area contributed by atoms with Crippen molar-refractivity contribution in [1.29, 1.82) is 0 Å². The van der Waals surface area contributed by atoms with E-state index >= 15 is 0 Å². The van der Waals surface area contributed by atoms with Gasteiger partial charge in [-0.05, 0) is 24.0 Å². The maximum Gasteiger partial charge on any atom is 0.203 e. The first kappa shape index (κ1) is 12.6. The highest BCUT2D eigenvalue weighted by atomic mass is 15.1. The van der Waals surface area contributed by atoms with Crippen LogP contribution in [0.4, 0.5) is 0 Å². The molecule has 1 fully saturated rings. The van der Waals surface area contributed by atoms with E-state index in [1.165, 1.54) is 44.2 Å². The molecule has 1 aliphatic carbocycles. The van der Waals surface area contributed by atoms with Gasteiger partial charge in [-0.1, -0.05) is 55.0 Å². The molecule has 2 atom stereocenters. The second-order valence-electron chi connectivity index (χ2n) is 6.96. The van der Waals surface area contributed by atoms with Gasteiger partial charge in [0.05, 0.1) is 5.92 Å². The molecule has 0 aromatic heterocycles. The monoisotopic (exact) mass is 288 g/mol. The van der Waals surface area contributed by atoms with E-state index in [1.807, 2.05) is 0 Å². The molecule has 110 valence electrons. The van der Waals surface area contributed by atoms with Crippen LogP contribution in [-0.4, -0.2) is 16.8 Å². The Labute approximate surface area is 132 Å². The van der Waals surface area contributed by atoms with Gasteiger partial charge in [-0.25, -0.2) is 4.58 Å². The molecule has 0 amide bonds. The van der Waals surface area contributed by atoms with Gasteiger partial charge in [0.25, 0.3) is 0 Å². The summed E-state index contributed by atoms with van der Waals surface area (Å²) in [7, 11) is 0. The first-order chi connectivity index (χ1) is 10.9. The predicted molar refractivity (Wildman–Crippen MR) is 89.8 cm³/mol. The number of benzene rings is 2. The van der Waals surface area contributed by atoms with Gasteiger partial charge in [0.2, 0.25) is 6.04 Å². The summed E-state index contributed by atoms with van der Waals surface area (Å²) < 4.78 is 2.76. The number of rotatable bonds is 0. The van der Waals surface area contributed by atoms with Crippen LogP contribution < -0.4 is 0 Å². The lowest BCUT2D eigenvalue weighted by atomic mass is 9.73. The molecule has 3 aliphatic rings. The third-order valence-corrected chi connectivity index (χ3v) is 5.90. The summed E-state index contributed by atoms with van der Waals surface area (Å²) in [5.74, 6) is 0.687. The van der Waals surface area contributed by atoms with Gasteiger partial charge in [0.1, 0.15) is 6.54 Å². The normalized spacial score (nSPS) is 25.8. The van der Waals surface area contributed by atoms with E-state index in [2.05, 4.69) is 53.1 Å². The van der Waals surface area contributed by atoms with E-state index in [-0.39, 0.29) is 0 Å². The molecule has 1 heteroatoms. The second kappa shape index (κ2) is 4.81. The van der Waals surface area contributed by atoms with Gasteiger partial charge in [-0.2, -0.15) is 0 Å². The van der Waals surface area contributed by atoms with Crippen LogP contribution in [0.3, 0.4) is 0 Å². The van der Waals surface area contributed by atoms with Crippen LogP contribution in [0.25, 0.3) is 0 Å². The highest BCUT2D eigenvalue weighted by Crippen LogP contribution is 2.44. The van der Waals surface area contributed by atoms with Crippen molar-refractivity contribution in [1.82, 2.24) is 0 Å². The maximum absolute atomic E-state index is 2.76. The SMILES string of the molecule is c1ccc2c(c1)CC[N+]1=C3CCCCC3c3ccccc3C21. The molecule has 0 N–H and O–H groups in total. The third kappa shape index (κ3) is 1.68. The van der Waals surface area contributed by atoms with Crippen LogP contribution in [-0.2, 0) is 6.42 Å². The van der Waals surface area contributed by atoms with Gasteiger partial charge < -0.3 is 0 Å². The highest BCUT2D eigenvalue weighted by molar-refractivity contribution is 5.89. The van der Waals surface area contributed by atoms with E-state index < -0.39 is 0 Å². The molecule has 2 aliphatic heterocycles. The van der Waals surface area contributed by atoms with Crippen LogP contribution in [0, 0.1) is 0 Å². The van der Waals surface area contributed by atoms with E-state index in [9.17, 15) is 0 Å². The Morgan fingerprint density at radius 1 is 0.773 bits per heavy atom. The summed E-state index contributed by atoms with van der Waals surface area (Å²) in [5, 5.41) is 0. The summed E-state index contributed by atoms with van der Waals surface area (Å²) in [6.07, 6.45) is 6.61. The van der Waals surface area contributed by atoms with E-state index in [0.717, 1.165) is 0 Å². The van der Waals surface area contributed by atoms with Gasteiger partial charge in [-0.15, -0.1) is 0 Å². The van der Waals surface area contributed by atoms with Gasteiger partial charge >= 0.3 is 0 Å². The van der Waals surface area contributed by atoms with Crippen LogP contribution in [0.5, 0.6) is 0 Å². The highest BCUT2D eigenvalue weighted by Gasteiger charge is 2.44. The van der Waals surface area contributed by atoms with Gasteiger partial charge in [0.15, 0.2) is 5.71 Å². The molecule has 5 rings (SSSR count). The van der Waals surface area contributed by atoms with Crippen molar-refractivity contribution in [3.05, 3.63) is 70.8 Å². The second-order valence-corrected chi connectivity index (χ2v) is 6.96. The summed E-state index contributed by atoms with van der Waals surface area (Å²) in [5.41, 5.74) is 7.98. The first-order valence-electron chi connectivity index (χ1n) is 8.72. The summed E-state index contributed by atoms with van der Waals surface area (Å²) in [4.78, 5) is 0. The van der Waals surface area contributed by atoms with Crippen molar-refractivity contribution >= 4 is 5.71 Å². The molecule has 22 heavy (non-hydrogen) atoms. The van der Waals surface area contributed by atoms with Crippen molar-refractivity contribution in [3.8, 4) is 0 Å². The Morgan fingerprint density at radius 2 is 1.55 bits per heavy atom. The minimum absolute atomic E-state index is 0.463. The van der Waals surface area contributed by atoms with Crippen LogP contribution in [0.15, 0.2) is 48.5 Å². The Kier molecular flexibility index (Phi) is 2.76. The largest absolute Gasteiger partial charge is 0.225 e. The first-order valence-corrected chi connectivity index (χ1v) is 8.72. The van der Waals surface area contributed by atoms with Gasteiger partial charge in [-0.3, -0.25) is 0 Å². The lowest BCUT2D eigenvalue weighted by Gasteiger charge is -2.36. The Balaban J connectivity index is 1.79. The number of hydrogen-bond donors (Lipinski definition) is 0. The fourth-order valence-electron chi connectivity index (χ4n) is 4.96. The van der Waals surface area contributed by atoms with Crippen LogP contribution >= 0.6 is 0 Å². The lowest BCUT2D eigenvalue weighted by molar-refractivity contribution is -0.571. The predicted octanol–water partition coefficient (Wildman–Crippen LogP) is 4.46. The van der Waals surface area contributed by atoms with Crippen LogP contribution in [0.1, 0.15) is 59.9 Å². The topological polar surface area (TPSA) is 3.01 Å². The molecule has 0 spiro atoms.